The zero-order chi connectivity index (χ0) is 13.1. The van der Waals surface area contributed by atoms with Gasteiger partial charge in [-0.05, 0) is 37.6 Å². The minimum absolute atomic E-state index is 0.136. The van der Waals surface area contributed by atoms with Gasteiger partial charge in [-0.25, -0.2) is 0 Å². The molecule has 0 atom stereocenters. The molecule has 0 aliphatic rings. The molecule has 0 saturated heterocycles. The Labute approximate surface area is 107 Å². The third-order valence-corrected chi connectivity index (χ3v) is 2.65. The molecule has 0 aliphatic carbocycles. The number of anilines is 2. The summed E-state index contributed by atoms with van der Waals surface area (Å²) in [5, 5.41) is 0. The second-order valence-corrected chi connectivity index (χ2v) is 4.51. The Kier molecular flexibility index (Phi) is 3.42. The standard InChI is InChI=1S/C15H18N2O/c1-10(2)18-15-6-4-3-5-12(15)11-7-8-13(16)14(17)9-11/h3-10H,16-17H2,1-2H3. The summed E-state index contributed by atoms with van der Waals surface area (Å²) in [4.78, 5) is 0. The number of nitrogens with two attached hydrogens (primary N) is 2. The summed E-state index contributed by atoms with van der Waals surface area (Å²) in [6, 6.07) is 13.6. The minimum Gasteiger partial charge on any atom is -0.490 e. The van der Waals surface area contributed by atoms with Crippen molar-refractivity contribution in [2.24, 2.45) is 0 Å². The van der Waals surface area contributed by atoms with E-state index >= 15 is 0 Å². The average molecular weight is 242 g/mol. The van der Waals surface area contributed by atoms with Crippen LogP contribution in [0.3, 0.4) is 0 Å². The highest BCUT2D eigenvalue weighted by Gasteiger charge is 2.08. The highest BCUT2D eigenvalue weighted by molar-refractivity contribution is 5.77. The van der Waals surface area contributed by atoms with Crippen LogP contribution in [0.2, 0.25) is 0 Å². The summed E-state index contributed by atoms with van der Waals surface area (Å²) in [6.45, 7) is 4.02. The molecular weight excluding hydrogens is 224 g/mol. The lowest BCUT2D eigenvalue weighted by molar-refractivity contribution is 0.243. The van der Waals surface area contributed by atoms with Crippen LogP contribution in [0.15, 0.2) is 42.5 Å². The fourth-order valence-electron chi connectivity index (χ4n) is 1.80. The molecule has 0 saturated carbocycles. The van der Waals surface area contributed by atoms with Crippen LogP contribution in [0.25, 0.3) is 11.1 Å². The molecule has 3 heteroatoms. The van der Waals surface area contributed by atoms with Gasteiger partial charge in [0.2, 0.25) is 0 Å². The van der Waals surface area contributed by atoms with Gasteiger partial charge in [-0.3, -0.25) is 0 Å². The first-order valence-corrected chi connectivity index (χ1v) is 5.99. The van der Waals surface area contributed by atoms with Crippen molar-refractivity contribution in [2.45, 2.75) is 20.0 Å². The smallest absolute Gasteiger partial charge is 0.127 e. The third kappa shape index (κ3) is 2.56. The van der Waals surface area contributed by atoms with E-state index in [0.717, 1.165) is 16.9 Å². The molecule has 2 aromatic rings. The van der Waals surface area contributed by atoms with E-state index in [0.29, 0.717) is 11.4 Å². The molecule has 0 aromatic heterocycles. The zero-order valence-electron chi connectivity index (χ0n) is 10.7. The third-order valence-electron chi connectivity index (χ3n) is 2.65. The van der Waals surface area contributed by atoms with Crippen LogP contribution in [0.4, 0.5) is 11.4 Å². The number of benzene rings is 2. The first kappa shape index (κ1) is 12.3. The summed E-state index contributed by atoms with van der Waals surface area (Å²) < 4.78 is 5.80. The Bertz CT molecular complexity index is 550. The Morgan fingerprint density at radius 1 is 0.944 bits per heavy atom. The molecule has 0 aliphatic heterocycles. The van der Waals surface area contributed by atoms with Crippen molar-refractivity contribution in [1.29, 1.82) is 0 Å². The predicted octanol–water partition coefficient (Wildman–Crippen LogP) is 3.31. The number of rotatable bonds is 3. The lowest BCUT2D eigenvalue weighted by atomic mass is 10.0. The highest BCUT2D eigenvalue weighted by Crippen LogP contribution is 2.32. The monoisotopic (exact) mass is 242 g/mol. The quantitative estimate of drug-likeness (QED) is 0.812. The van der Waals surface area contributed by atoms with Gasteiger partial charge in [0, 0.05) is 5.56 Å². The van der Waals surface area contributed by atoms with Gasteiger partial charge in [0.25, 0.3) is 0 Å². The van der Waals surface area contributed by atoms with E-state index in [9.17, 15) is 0 Å². The maximum absolute atomic E-state index is 5.84. The van der Waals surface area contributed by atoms with E-state index < -0.39 is 0 Å². The Balaban J connectivity index is 2.46. The Morgan fingerprint density at radius 2 is 1.67 bits per heavy atom. The van der Waals surface area contributed by atoms with Crippen molar-refractivity contribution in [3.63, 3.8) is 0 Å². The second kappa shape index (κ2) is 5.00. The fourth-order valence-corrected chi connectivity index (χ4v) is 1.80. The summed E-state index contributed by atoms with van der Waals surface area (Å²) >= 11 is 0. The van der Waals surface area contributed by atoms with Gasteiger partial charge in [-0.15, -0.1) is 0 Å². The van der Waals surface area contributed by atoms with Gasteiger partial charge >= 0.3 is 0 Å². The Morgan fingerprint density at radius 3 is 2.33 bits per heavy atom. The van der Waals surface area contributed by atoms with Crippen molar-refractivity contribution in [2.75, 3.05) is 11.5 Å². The van der Waals surface area contributed by atoms with E-state index in [1.54, 1.807) is 0 Å². The van der Waals surface area contributed by atoms with Crippen molar-refractivity contribution in [1.82, 2.24) is 0 Å². The van der Waals surface area contributed by atoms with Gasteiger partial charge in [-0.2, -0.15) is 0 Å². The molecule has 2 rings (SSSR count). The van der Waals surface area contributed by atoms with E-state index in [2.05, 4.69) is 0 Å². The molecule has 3 nitrogen and oxygen atoms in total. The van der Waals surface area contributed by atoms with Crippen LogP contribution in [0, 0.1) is 0 Å². The van der Waals surface area contributed by atoms with E-state index in [4.69, 9.17) is 16.2 Å². The van der Waals surface area contributed by atoms with Crippen LogP contribution in [-0.4, -0.2) is 6.10 Å². The van der Waals surface area contributed by atoms with Crippen molar-refractivity contribution >= 4 is 11.4 Å². The van der Waals surface area contributed by atoms with E-state index in [1.807, 2.05) is 56.3 Å². The maximum Gasteiger partial charge on any atom is 0.127 e. The molecule has 4 N–H and O–H groups in total. The lowest BCUT2D eigenvalue weighted by Crippen LogP contribution is -2.06. The number of para-hydroxylation sites is 1. The molecule has 0 amide bonds. The van der Waals surface area contributed by atoms with E-state index in [-0.39, 0.29) is 6.10 Å². The Hall–Kier alpha value is -2.16. The molecule has 0 heterocycles. The number of ether oxygens (including phenoxy) is 1. The SMILES string of the molecule is CC(C)Oc1ccccc1-c1ccc(N)c(N)c1. The van der Waals surface area contributed by atoms with Gasteiger partial charge in [0.15, 0.2) is 0 Å². The van der Waals surface area contributed by atoms with E-state index in [1.165, 1.54) is 0 Å². The number of hydrogen-bond acceptors (Lipinski definition) is 3. The van der Waals surface area contributed by atoms with Crippen LogP contribution in [0.1, 0.15) is 13.8 Å². The molecule has 2 aromatic carbocycles. The van der Waals surface area contributed by atoms with Gasteiger partial charge in [-0.1, -0.05) is 24.3 Å². The van der Waals surface area contributed by atoms with Crippen LogP contribution in [0.5, 0.6) is 5.75 Å². The molecule has 0 spiro atoms. The fraction of sp³-hybridized carbons (Fsp3) is 0.200. The summed E-state index contributed by atoms with van der Waals surface area (Å²) in [5.41, 5.74) is 14.8. The number of hydrogen-bond donors (Lipinski definition) is 2. The first-order chi connectivity index (χ1) is 8.58. The van der Waals surface area contributed by atoms with Crippen molar-refractivity contribution < 1.29 is 4.74 Å². The molecular formula is C15H18N2O. The lowest BCUT2D eigenvalue weighted by Gasteiger charge is -2.14. The molecule has 0 fully saturated rings. The highest BCUT2D eigenvalue weighted by atomic mass is 16.5. The summed E-state index contributed by atoms with van der Waals surface area (Å²) in [6.07, 6.45) is 0.136. The molecule has 0 unspecified atom stereocenters. The molecule has 0 bridgehead atoms. The topological polar surface area (TPSA) is 61.3 Å². The minimum atomic E-state index is 0.136. The molecule has 0 radical (unpaired) electrons. The van der Waals surface area contributed by atoms with Crippen molar-refractivity contribution in [3.8, 4) is 16.9 Å². The predicted molar refractivity (Wildman–Crippen MR) is 76.5 cm³/mol. The summed E-state index contributed by atoms with van der Waals surface area (Å²) in [5.74, 6) is 0.858. The molecule has 94 valence electrons. The van der Waals surface area contributed by atoms with Gasteiger partial charge in [0.1, 0.15) is 5.75 Å². The van der Waals surface area contributed by atoms with Crippen molar-refractivity contribution in [3.05, 3.63) is 42.5 Å². The van der Waals surface area contributed by atoms with Gasteiger partial charge in [0.05, 0.1) is 17.5 Å². The molecule has 18 heavy (non-hydrogen) atoms. The normalized spacial score (nSPS) is 10.6. The van der Waals surface area contributed by atoms with Crippen LogP contribution < -0.4 is 16.2 Å². The first-order valence-electron chi connectivity index (χ1n) is 5.99. The van der Waals surface area contributed by atoms with Crippen LogP contribution >= 0.6 is 0 Å². The number of nitrogen functional groups attached to an aromatic ring is 2. The maximum atomic E-state index is 5.84. The largest absolute Gasteiger partial charge is 0.490 e. The summed E-state index contributed by atoms with van der Waals surface area (Å²) in [7, 11) is 0. The second-order valence-electron chi connectivity index (χ2n) is 4.51. The zero-order valence-corrected chi connectivity index (χ0v) is 10.7. The van der Waals surface area contributed by atoms with Crippen LogP contribution in [-0.2, 0) is 0 Å². The van der Waals surface area contributed by atoms with Gasteiger partial charge < -0.3 is 16.2 Å². The average Bonchev–Trinajstić information content (AvgIpc) is 2.33.